The molecule has 3 N–H and O–H groups in total. The highest BCUT2D eigenvalue weighted by atomic mass is 32.1. The van der Waals surface area contributed by atoms with Gasteiger partial charge in [0.05, 0.1) is 14.2 Å². The van der Waals surface area contributed by atoms with E-state index in [0.717, 1.165) is 5.56 Å². The van der Waals surface area contributed by atoms with Crippen LogP contribution in [0.5, 0.6) is 17.2 Å². The maximum Gasteiger partial charge on any atom is 0.279 e. The molecule has 8 heteroatoms. The molecule has 35 heavy (non-hydrogen) atoms. The molecule has 3 aromatic rings. The lowest BCUT2D eigenvalue weighted by atomic mass is 9.78. The Bertz CT molecular complexity index is 1150. The molecular formula is C27H31N3O4S. The van der Waals surface area contributed by atoms with Gasteiger partial charge in [0.25, 0.3) is 5.91 Å². The van der Waals surface area contributed by atoms with Crippen molar-refractivity contribution in [2.75, 3.05) is 19.5 Å². The number of amides is 1. The average Bonchev–Trinajstić information content (AvgIpc) is 2.88. The molecule has 0 heterocycles. The fourth-order valence-electron chi connectivity index (χ4n) is 3.53. The number of ether oxygens (including phenoxy) is 3. The summed E-state index contributed by atoms with van der Waals surface area (Å²) in [6, 6.07) is 23.4. The van der Waals surface area contributed by atoms with Gasteiger partial charge in [0.15, 0.2) is 22.7 Å². The zero-order valence-corrected chi connectivity index (χ0v) is 21.4. The van der Waals surface area contributed by atoms with Crippen molar-refractivity contribution < 1.29 is 19.0 Å². The van der Waals surface area contributed by atoms with E-state index >= 15 is 0 Å². The van der Waals surface area contributed by atoms with E-state index in [1.807, 2.05) is 42.5 Å². The quantitative estimate of drug-likeness (QED) is 0.307. The van der Waals surface area contributed by atoms with Crippen molar-refractivity contribution >= 4 is 28.9 Å². The minimum atomic E-state index is -0.737. The lowest BCUT2D eigenvalue weighted by Gasteiger charge is -2.26. The molecule has 0 aromatic heterocycles. The molecule has 0 saturated heterocycles. The van der Waals surface area contributed by atoms with E-state index in [9.17, 15) is 4.79 Å². The number of hydrazine groups is 1. The molecule has 0 saturated carbocycles. The highest BCUT2D eigenvalue weighted by Crippen LogP contribution is 2.32. The third kappa shape index (κ3) is 6.64. The van der Waals surface area contributed by atoms with Gasteiger partial charge in [0.1, 0.15) is 5.75 Å². The zero-order chi connectivity index (χ0) is 25.4. The van der Waals surface area contributed by atoms with Gasteiger partial charge >= 0.3 is 0 Å². The number of hydrogen-bond donors (Lipinski definition) is 3. The first kappa shape index (κ1) is 25.8. The molecule has 0 spiro atoms. The van der Waals surface area contributed by atoms with Gasteiger partial charge in [0, 0.05) is 17.2 Å². The lowest BCUT2D eigenvalue weighted by molar-refractivity contribution is -0.127. The predicted molar refractivity (Wildman–Crippen MR) is 142 cm³/mol. The fourth-order valence-corrected chi connectivity index (χ4v) is 3.69. The summed E-state index contributed by atoms with van der Waals surface area (Å²) in [5.74, 6) is 1.40. The van der Waals surface area contributed by atoms with Crippen LogP contribution < -0.4 is 30.4 Å². The van der Waals surface area contributed by atoms with Crippen LogP contribution >= 0.6 is 12.2 Å². The smallest absolute Gasteiger partial charge is 0.279 e. The zero-order valence-electron chi connectivity index (χ0n) is 20.5. The highest BCUT2D eigenvalue weighted by molar-refractivity contribution is 7.80. The Hall–Kier alpha value is -3.78. The second kappa shape index (κ2) is 11.6. The van der Waals surface area contributed by atoms with Crippen LogP contribution in [0.2, 0.25) is 0 Å². The van der Waals surface area contributed by atoms with Crippen molar-refractivity contribution in [3.05, 3.63) is 83.9 Å². The van der Waals surface area contributed by atoms with Gasteiger partial charge in [-0.1, -0.05) is 56.3 Å². The van der Waals surface area contributed by atoms with Crippen molar-refractivity contribution in [3.8, 4) is 17.2 Å². The van der Waals surface area contributed by atoms with E-state index in [1.54, 1.807) is 39.3 Å². The van der Waals surface area contributed by atoms with E-state index < -0.39 is 6.10 Å². The average molecular weight is 494 g/mol. The maximum absolute atomic E-state index is 12.5. The van der Waals surface area contributed by atoms with E-state index in [1.165, 1.54) is 5.56 Å². The topological polar surface area (TPSA) is 80.9 Å². The molecule has 0 aliphatic heterocycles. The summed E-state index contributed by atoms with van der Waals surface area (Å²) in [6.45, 7) is 6.03. The molecule has 0 aliphatic rings. The third-order valence-corrected chi connectivity index (χ3v) is 5.90. The summed E-state index contributed by atoms with van der Waals surface area (Å²) in [5, 5.41) is 3.19. The first-order valence-electron chi connectivity index (χ1n) is 11.2. The normalized spacial score (nSPS) is 11.7. The molecule has 1 amide bonds. The molecule has 184 valence electrons. The number of methoxy groups -OCH3 is 2. The molecule has 0 radical (unpaired) electrons. The Kier molecular flexibility index (Phi) is 8.54. The monoisotopic (exact) mass is 493 g/mol. The summed E-state index contributed by atoms with van der Waals surface area (Å²) in [6.07, 6.45) is -0.737. The summed E-state index contributed by atoms with van der Waals surface area (Å²) in [5.41, 5.74) is 8.15. The first-order chi connectivity index (χ1) is 16.7. The van der Waals surface area contributed by atoms with Crippen LogP contribution in [0.15, 0.2) is 72.8 Å². The molecule has 1 unspecified atom stereocenters. The highest BCUT2D eigenvalue weighted by Gasteiger charge is 2.23. The molecule has 0 fully saturated rings. The Morgan fingerprint density at radius 2 is 1.49 bits per heavy atom. The number of benzene rings is 3. The van der Waals surface area contributed by atoms with Crippen molar-refractivity contribution in [2.24, 2.45) is 0 Å². The van der Waals surface area contributed by atoms with Gasteiger partial charge in [-0.3, -0.25) is 15.6 Å². The van der Waals surface area contributed by atoms with Gasteiger partial charge in [-0.2, -0.15) is 0 Å². The SMILES string of the molecule is COc1ccc(NC(=S)NNC(=O)C(C)Oc2ccc(C(C)(C)c3ccccc3)cc2)cc1OC. The number of anilines is 1. The molecule has 7 nitrogen and oxygen atoms in total. The molecule has 1 atom stereocenters. The molecular weight excluding hydrogens is 462 g/mol. The summed E-state index contributed by atoms with van der Waals surface area (Å²) < 4.78 is 16.3. The lowest BCUT2D eigenvalue weighted by Crippen LogP contribution is -2.48. The summed E-state index contributed by atoms with van der Waals surface area (Å²) in [4.78, 5) is 12.5. The molecule has 3 aromatic carbocycles. The third-order valence-electron chi connectivity index (χ3n) is 5.69. The molecule has 0 bridgehead atoms. The molecule has 0 aliphatic carbocycles. The van der Waals surface area contributed by atoms with Crippen LogP contribution in [0.25, 0.3) is 0 Å². The maximum atomic E-state index is 12.5. The van der Waals surface area contributed by atoms with Crippen molar-refractivity contribution in [2.45, 2.75) is 32.3 Å². The van der Waals surface area contributed by atoms with Crippen LogP contribution in [0.4, 0.5) is 5.69 Å². The Morgan fingerprint density at radius 3 is 2.11 bits per heavy atom. The van der Waals surface area contributed by atoms with Gasteiger partial charge < -0.3 is 19.5 Å². The Labute approximate surface area is 211 Å². The molecule has 3 rings (SSSR count). The van der Waals surface area contributed by atoms with E-state index in [0.29, 0.717) is 22.9 Å². The second-order valence-corrected chi connectivity index (χ2v) is 8.82. The van der Waals surface area contributed by atoms with Crippen LogP contribution in [-0.4, -0.2) is 31.3 Å². The van der Waals surface area contributed by atoms with E-state index in [2.05, 4.69) is 42.1 Å². The number of rotatable bonds is 8. The van der Waals surface area contributed by atoms with Crippen LogP contribution in [0, 0.1) is 0 Å². The Balaban J connectivity index is 1.52. The number of nitrogens with one attached hydrogen (secondary N) is 3. The fraction of sp³-hybridized carbons (Fsp3) is 0.259. The van der Waals surface area contributed by atoms with Gasteiger partial charge in [0.2, 0.25) is 0 Å². The summed E-state index contributed by atoms with van der Waals surface area (Å²) >= 11 is 5.25. The predicted octanol–water partition coefficient (Wildman–Crippen LogP) is 4.81. The number of carbonyl (C=O) groups excluding carboxylic acids is 1. The van der Waals surface area contributed by atoms with Crippen molar-refractivity contribution in [3.63, 3.8) is 0 Å². The van der Waals surface area contributed by atoms with E-state index in [-0.39, 0.29) is 16.4 Å². The van der Waals surface area contributed by atoms with Crippen molar-refractivity contribution in [1.29, 1.82) is 0 Å². The van der Waals surface area contributed by atoms with E-state index in [4.69, 9.17) is 26.4 Å². The standard InChI is InChI=1S/C27H31N3O4S/c1-18(25(31)29-30-26(35)28-21-13-16-23(32-4)24(17-21)33-5)34-22-14-11-20(12-15-22)27(2,3)19-9-7-6-8-10-19/h6-18H,1-5H3,(H,29,31)(H2,28,30,35). The van der Waals surface area contributed by atoms with Crippen LogP contribution in [0.1, 0.15) is 31.9 Å². The minimum absolute atomic E-state index is 0.150. The Morgan fingerprint density at radius 1 is 0.857 bits per heavy atom. The van der Waals surface area contributed by atoms with Crippen LogP contribution in [-0.2, 0) is 10.2 Å². The number of thiocarbonyl (C=S) groups is 1. The number of hydrogen-bond acceptors (Lipinski definition) is 5. The first-order valence-corrected chi connectivity index (χ1v) is 11.6. The minimum Gasteiger partial charge on any atom is -0.493 e. The van der Waals surface area contributed by atoms with Gasteiger partial charge in [-0.25, -0.2) is 0 Å². The van der Waals surface area contributed by atoms with Gasteiger partial charge in [-0.15, -0.1) is 0 Å². The number of carbonyl (C=O) groups is 1. The van der Waals surface area contributed by atoms with Crippen molar-refractivity contribution in [1.82, 2.24) is 10.9 Å². The summed E-state index contributed by atoms with van der Waals surface area (Å²) in [7, 11) is 3.12. The second-order valence-electron chi connectivity index (χ2n) is 8.41. The van der Waals surface area contributed by atoms with Crippen LogP contribution in [0.3, 0.4) is 0 Å². The largest absolute Gasteiger partial charge is 0.493 e. The van der Waals surface area contributed by atoms with Gasteiger partial charge in [-0.05, 0) is 54.5 Å².